The molecule has 1 atom stereocenters. The summed E-state index contributed by atoms with van der Waals surface area (Å²) in [4.78, 5) is 0. The van der Waals surface area contributed by atoms with Gasteiger partial charge < -0.3 is 4.74 Å². The molecule has 0 fully saturated rings. The van der Waals surface area contributed by atoms with Gasteiger partial charge >= 0.3 is 0 Å². The van der Waals surface area contributed by atoms with Crippen molar-refractivity contribution in [2.45, 2.75) is 11.8 Å². The number of rotatable bonds is 2. The fourth-order valence-corrected chi connectivity index (χ4v) is 2.93. The summed E-state index contributed by atoms with van der Waals surface area (Å²) in [5.41, 5.74) is 3.30. The summed E-state index contributed by atoms with van der Waals surface area (Å²) in [5, 5.41) is 0.476. The summed E-state index contributed by atoms with van der Waals surface area (Å²) in [6, 6.07) is 11.9. The molecule has 1 unspecified atom stereocenters. The lowest BCUT2D eigenvalue weighted by Crippen LogP contribution is -1.94. The van der Waals surface area contributed by atoms with Gasteiger partial charge in [-0.3, -0.25) is 0 Å². The Bertz CT molecular complexity index is 628. The van der Waals surface area contributed by atoms with Crippen molar-refractivity contribution in [1.29, 1.82) is 0 Å². The van der Waals surface area contributed by atoms with E-state index >= 15 is 0 Å². The van der Waals surface area contributed by atoms with Crippen LogP contribution in [-0.4, -0.2) is 6.61 Å². The predicted molar refractivity (Wildman–Crippen MR) is 82.5 cm³/mol. The molecule has 0 amide bonds. The van der Waals surface area contributed by atoms with Gasteiger partial charge in [0.25, 0.3) is 0 Å². The molecule has 19 heavy (non-hydrogen) atoms. The van der Waals surface area contributed by atoms with E-state index in [1.165, 1.54) is 5.56 Å². The average molecular weight is 358 g/mol. The van der Waals surface area contributed by atoms with Crippen LogP contribution in [0.3, 0.4) is 0 Å². The molecule has 0 saturated heterocycles. The predicted octanol–water partition coefficient (Wildman–Crippen LogP) is 5.37. The normalized spacial score (nSPS) is 14.9. The Kier molecular flexibility index (Phi) is 3.75. The van der Waals surface area contributed by atoms with E-state index in [4.69, 9.17) is 27.9 Å². The summed E-state index contributed by atoms with van der Waals surface area (Å²) in [6.07, 6.45) is 0.952. The van der Waals surface area contributed by atoms with Crippen molar-refractivity contribution in [3.8, 4) is 5.75 Å². The van der Waals surface area contributed by atoms with Crippen LogP contribution in [0.5, 0.6) is 5.75 Å². The van der Waals surface area contributed by atoms with Gasteiger partial charge in [0.2, 0.25) is 0 Å². The summed E-state index contributed by atoms with van der Waals surface area (Å²) in [7, 11) is 0. The lowest BCUT2D eigenvalue weighted by molar-refractivity contribution is 0.357. The molecule has 1 heterocycles. The molecule has 0 N–H and O–H groups in total. The second kappa shape index (κ2) is 5.35. The Morgan fingerprint density at radius 3 is 2.63 bits per heavy atom. The zero-order valence-corrected chi connectivity index (χ0v) is 13.1. The van der Waals surface area contributed by atoms with Crippen molar-refractivity contribution >= 4 is 39.1 Å². The van der Waals surface area contributed by atoms with Gasteiger partial charge in [0.15, 0.2) is 0 Å². The fraction of sp³-hybridized carbons (Fsp3) is 0.200. The third-order valence-electron chi connectivity index (χ3n) is 3.24. The summed E-state index contributed by atoms with van der Waals surface area (Å²) in [5.74, 6) is 0.974. The molecule has 0 radical (unpaired) electrons. The first kappa shape index (κ1) is 13.3. The molecule has 2 aromatic rings. The van der Waals surface area contributed by atoms with Crippen LogP contribution in [0.2, 0.25) is 5.02 Å². The van der Waals surface area contributed by atoms with E-state index < -0.39 is 0 Å². The van der Waals surface area contributed by atoms with Crippen molar-refractivity contribution in [2.24, 2.45) is 0 Å². The van der Waals surface area contributed by atoms with Crippen molar-refractivity contribution in [3.63, 3.8) is 0 Å². The highest BCUT2D eigenvalue weighted by Gasteiger charge is 2.17. The van der Waals surface area contributed by atoms with Crippen LogP contribution in [-0.2, 0) is 6.42 Å². The first-order valence-corrected chi connectivity index (χ1v) is 7.60. The summed E-state index contributed by atoms with van der Waals surface area (Å²) < 4.78 is 6.38. The van der Waals surface area contributed by atoms with Gasteiger partial charge in [0, 0.05) is 10.9 Å². The average Bonchev–Trinajstić information content (AvgIpc) is 2.88. The first-order valence-electron chi connectivity index (χ1n) is 6.00. The van der Waals surface area contributed by atoms with Crippen LogP contribution in [0, 0.1) is 0 Å². The Morgan fingerprint density at radius 2 is 1.84 bits per heavy atom. The molecule has 0 spiro atoms. The molecular formula is C15H11BrCl2O. The first-order chi connectivity index (χ1) is 9.15. The Labute approximate surface area is 130 Å². The van der Waals surface area contributed by atoms with E-state index in [-0.39, 0.29) is 5.38 Å². The van der Waals surface area contributed by atoms with Gasteiger partial charge in [-0.15, -0.1) is 11.6 Å². The van der Waals surface area contributed by atoms with E-state index in [0.29, 0.717) is 5.02 Å². The Balaban J connectivity index is 1.94. The molecule has 0 aromatic heterocycles. The van der Waals surface area contributed by atoms with Crippen molar-refractivity contribution < 1.29 is 4.74 Å². The van der Waals surface area contributed by atoms with E-state index in [1.807, 2.05) is 30.3 Å². The van der Waals surface area contributed by atoms with Crippen LogP contribution in [0.1, 0.15) is 22.1 Å². The number of ether oxygens (including phenoxy) is 1. The van der Waals surface area contributed by atoms with Crippen LogP contribution in [0.15, 0.2) is 40.9 Å². The maximum absolute atomic E-state index is 6.54. The van der Waals surface area contributed by atoms with E-state index in [1.54, 1.807) is 0 Å². The summed E-state index contributed by atoms with van der Waals surface area (Å²) >= 11 is 16.0. The quantitative estimate of drug-likeness (QED) is 0.657. The fourth-order valence-electron chi connectivity index (χ4n) is 2.23. The Morgan fingerprint density at radius 1 is 1.11 bits per heavy atom. The topological polar surface area (TPSA) is 9.23 Å². The molecule has 4 heteroatoms. The molecule has 2 aromatic carbocycles. The van der Waals surface area contributed by atoms with Crippen LogP contribution < -0.4 is 4.74 Å². The highest BCUT2D eigenvalue weighted by Crippen LogP contribution is 2.36. The van der Waals surface area contributed by atoms with E-state index in [2.05, 4.69) is 22.0 Å². The van der Waals surface area contributed by atoms with Crippen molar-refractivity contribution in [2.75, 3.05) is 6.61 Å². The third kappa shape index (κ3) is 2.62. The van der Waals surface area contributed by atoms with E-state index in [9.17, 15) is 0 Å². The molecule has 0 bridgehead atoms. The van der Waals surface area contributed by atoms with Crippen molar-refractivity contribution in [3.05, 3.63) is 62.6 Å². The highest BCUT2D eigenvalue weighted by molar-refractivity contribution is 9.10. The smallest absolute Gasteiger partial charge is 0.122 e. The minimum atomic E-state index is -0.198. The molecule has 1 aliphatic heterocycles. The molecule has 98 valence electrons. The maximum Gasteiger partial charge on any atom is 0.122 e. The number of halogens is 3. The monoisotopic (exact) mass is 356 g/mol. The second-order valence-corrected chi connectivity index (χ2v) is 6.20. The van der Waals surface area contributed by atoms with E-state index in [0.717, 1.165) is 34.4 Å². The lowest BCUT2D eigenvalue weighted by atomic mass is 10.0. The van der Waals surface area contributed by atoms with Gasteiger partial charge in [0.05, 0.1) is 17.0 Å². The largest absolute Gasteiger partial charge is 0.493 e. The molecular weight excluding hydrogens is 347 g/mol. The lowest BCUT2D eigenvalue weighted by Gasteiger charge is -2.12. The number of fused-ring (bicyclic) bond motifs is 1. The van der Waals surface area contributed by atoms with Gasteiger partial charge in [-0.25, -0.2) is 0 Å². The second-order valence-electron chi connectivity index (χ2n) is 4.50. The van der Waals surface area contributed by atoms with Gasteiger partial charge in [-0.05, 0) is 50.8 Å². The molecule has 1 nitrogen and oxygen atoms in total. The zero-order chi connectivity index (χ0) is 13.4. The Hall–Kier alpha value is -0.700. The number of hydrogen-bond donors (Lipinski definition) is 0. The minimum Gasteiger partial charge on any atom is -0.493 e. The van der Waals surface area contributed by atoms with Gasteiger partial charge in [-0.1, -0.05) is 29.8 Å². The molecule has 0 aliphatic carbocycles. The number of benzene rings is 2. The highest BCUT2D eigenvalue weighted by atomic mass is 79.9. The van der Waals surface area contributed by atoms with Gasteiger partial charge in [-0.2, -0.15) is 0 Å². The van der Waals surface area contributed by atoms with Crippen LogP contribution >= 0.6 is 39.1 Å². The molecule has 1 aliphatic rings. The SMILES string of the molecule is Clc1cc(C(Cl)c2ccc3c(c2)CCO3)ccc1Br. The van der Waals surface area contributed by atoms with Crippen molar-refractivity contribution in [1.82, 2.24) is 0 Å². The van der Waals surface area contributed by atoms with Crippen LogP contribution in [0.4, 0.5) is 0 Å². The number of hydrogen-bond acceptors (Lipinski definition) is 1. The third-order valence-corrected chi connectivity index (χ3v) is 4.98. The molecule has 0 saturated carbocycles. The number of alkyl halides is 1. The summed E-state index contributed by atoms with van der Waals surface area (Å²) in [6.45, 7) is 0.760. The van der Waals surface area contributed by atoms with Crippen LogP contribution in [0.25, 0.3) is 0 Å². The van der Waals surface area contributed by atoms with Gasteiger partial charge in [0.1, 0.15) is 5.75 Å². The molecule has 3 rings (SSSR count). The zero-order valence-electron chi connectivity index (χ0n) is 10.00. The standard InChI is InChI=1S/C15H11BrCl2O/c16-12-3-1-11(8-13(12)17)15(18)10-2-4-14-9(7-10)5-6-19-14/h1-4,7-8,15H,5-6H2. The maximum atomic E-state index is 6.54. The minimum absolute atomic E-state index is 0.198.